The molecule has 1 heterocycles. The molecule has 0 aliphatic carbocycles. The summed E-state index contributed by atoms with van der Waals surface area (Å²) < 4.78 is 23.2. The maximum atomic E-state index is 11.0. The van der Waals surface area contributed by atoms with Gasteiger partial charge in [-0.05, 0) is 18.1 Å². The highest BCUT2D eigenvalue weighted by molar-refractivity contribution is 7.73. The fraction of sp³-hybridized carbons (Fsp3) is 0.500. The van der Waals surface area contributed by atoms with Crippen LogP contribution in [0, 0.1) is 10.7 Å². The molecular formula is C10H17N3O2S. The number of aromatic nitrogens is 1. The van der Waals surface area contributed by atoms with Crippen molar-refractivity contribution < 1.29 is 8.95 Å². The van der Waals surface area contributed by atoms with Gasteiger partial charge in [0.25, 0.3) is 0 Å². The van der Waals surface area contributed by atoms with Crippen LogP contribution in [0.4, 0.5) is 5.69 Å². The molecule has 0 aliphatic rings. The number of hydrogen-bond acceptors (Lipinski definition) is 5. The molecule has 0 saturated heterocycles. The number of pyridine rings is 1. The van der Waals surface area contributed by atoms with Crippen molar-refractivity contribution in [2.24, 2.45) is 5.92 Å². The lowest BCUT2D eigenvalue weighted by Crippen LogP contribution is -2.09. The third-order valence-electron chi connectivity index (χ3n) is 1.95. The Hall–Kier alpha value is -1.30. The Bertz CT molecular complexity index is 422. The molecular weight excluding hydrogens is 226 g/mol. The predicted octanol–water partition coefficient (Wildman–Crippen LogP) is 1.76. The molecule has 1 atom stereocenters. The second-order valence-corrected chi connectivity index (χ2v) is 4.84. The van der Waals surface area contributed by atoms with E-state index < -0.39 is 10.6 Å². The Balaban J connectivity index is 2.93. The van der Waals surface area contributed by atoms with Crippen LogP contribution in [0.5, 0.6) is 5.88 Å². The van der Waals surface area contributed by atoms with Gasteiger partial charge in [-0.1, -0.05) is 13.8 Å². The van der Waals surface area contributed by atoms with Gasteiger partial charge in [0.2, 0.25) is 5.88 Å². The summed E-state index contributed by atoms with van der Waals surface area (Å²) in [5, 5.41) is 3.42. The minimum atomic E-state index is -2.17. The zero-order valence-corrected chi connectivity index (χ0v) is 10.5. The summed E-state index contributed by atoms with van der Waals surface area (Å²) in [6.07, 6.45) is 0. The number of nitrogens with zero attached hydrogens (tertiary/aromatic N) is 1. The monoisotopic (exact) mass is 243 g/mol. The first kappa shape index (κ1) is 12.8. The molecule has 1 aromatic rings. The fourth-order valence-electron chi connectivity index (χ4n) is 1.15. The van der Waals surface area contributed by atoms with Crippen LogP contribution in [0.3, 0.4) is 0 Å². The van der Waals surface area contributed by atoms with Crippen molar-refractivity contribution in [1.29, 1.82) is 4.78 Å². The molecule has 6 heteroatoms. The quantitative estimate of drug-likeness (QED) is 0.689. The molecule has 16 heavy (non-hydrogen) atoms. The summed E-state index contributed by atoms with van der Waals surface area (Å²) in [6.45, 7) is 5.01. The lowest BCUT2D eigenvalue weighted by molar-refractivity contribution is 0.396. The van der Waals surface area contributed by atoms with Crippen LogP contribution >= 0.6 is 0 Å². The molecule has 1 rings (SSSR count). The van der Waals surface area contributed by atoms with E-state index in [0.717, 1.165) is 12.2 Å². The molecule has 0 fully saturated rings. The Morgan fingerprint density at radius 3 is 2.75 bits per heavy atom. The number of ether oxygens (including phenoxy) is 1. The van der Waals surface area contributed by atoms with Gasteiger partial charge in [0, 0.05) is 6.54 Å². The van der Waals surface area contributed by atoms with E-state index in [0.29, 0.717) is 11.8 Å². The minimum absolute atomic E-state index is 0.238. The molecule has 5 nitrogen and oxygen atoms in total. The van der Waals surface area contributed by atoms with Crippen LogP contribution in [0.15, 0.2) is 17.2 Å². The molecule has 1 unspecified atom stereocenters. The predicted molar refractivity (Wildman–Crippen MR) is 64.6 cm³/mol. The molecule has 0 radical (unpaired) electrons. The van der Waals surface area contributed by atoms with E-state index in [1.54, 1.807) is 12.1 Å². The summed E-state index contributed by atoms with van der Waals surface area (Å²) in [5.41, 5.74) is 0.761. The van der Waals surface area contributed by atoms with Crippen molar-refractivity contribution >= 4 is 16.3 Å². The first-order chi connectivity index (χ1) is 7.54. The van der Waals surface area contributed by atoms with Gasteiger partial charge in [-0.15, -0.1) is 0 Å². The first-order valence-corrected chi connectivity index (χ1v) is 6.28. The molecule has 0 bridgehead atoms. The van der Waals surface area contributed by atoms with Crippen LogP contribution < -0.4 is 10.1 Å². The van der Waals surface area contributed by atoms with Crippen LogP contribution in [0.25, 0.3) is 0 Å². The topological polar surface area (TPSA) is 75.1 Å². The van der Waals surface area contributed by atoms with Crippen molar-refractivity contribution in [2.45, 2.75) is 18.9 Å². The van der Waals surface area contributed by atoms with Gasteiger partial charge in [-0.2, -0.15) is 0 Å². The third kappa shape index (κ3) is 3.37. The molecule has 0 spiro atoms. The van der Waals surface area contributed by atoms with Crippen LogP contribution in [-0.2, 0) is 10.6 Å². The first-order valence-electron chi connectivity index (χ1n) is 5.02. The van der Waals surface area contributed by atoms with Gasteiger partial charge in [-0.3, -0.25) is 0 Å². The molecule has 0 amide bonds. The van der Waals surface area contributed by atoms with Crippen molar-refractivity contribution in [2.75, 3.05) is 19.0 Å². The number of hydrogen-bond donors (Lipinski definition) is 3. The van der Waals surface area contributed by atoms with Crippen molar-refractivity contribution in [3.63, 3.8) is 0 Å². The lowest BCUT2D eigenvalue weighted by Gasteiger charge is -2.12. The number of nitrogens with one attached hydrogen (secondary N) is 2. The van der Waals surface area contributed by atoms with E-state index >= 15 is 0 Å². The average Bonchev–Trinajstić information content (AvgIpc) is 2.25. The van der Waals surface area contributed by atoms with E-state index in [4.69, 9.17) is 9.52 Å². The van der Waals surface area contributed by atoms with Gasteiger partial charge in [0.1, 0.15) is 5.03 Å². The average molecular weight is 243 g/mol. The second-order valence-electron chi connectivity index (χ2n) is 3.80. The standard InChI is InChI=1S/C10H17N3O2S/c1-7(2)6-12-8-4-5-9(16(11)14)13-10(8)15-3/h4-5,7,11-12,16H,6H2,1-3H3. The summed E-state index contributed by atoms with van der Waals surface area (Å²) in [6, 6.07) is 3.32. The Morgan fingerprint density at radius 1 is 1.56 bits per heavy atom. The molecule has 1 aromatic heterocycles. The summed E-state index contributed by atoms with van der Waals surface area (Å²) in [5.74, 6) is 0.894. The Kier molecular flexibility index (Phi) is 4.54. The van der Waals surface area contributed by atoms with Gasteiger partial charge in [-0.25, -0.2) is 14.0 Å². The highest BCUT2D eigenvalue weighted by Gasteiger charge is 2.06. The normalized spacial score (nSPS) is 12.5. The van der Waals surface area contributed by atoms with Gasteiger partial charge in [0.15, 0.2) is 0 Å². The summed E-state index contributed by atoms with van der Waals surface area (Å²) in [4.78, 5) is 4.01. The van der Waals surface area contributed by atoms with E-state index in [2.05, 4.69) is 24.1 Å². The van der Waals surface area contributed by atoms with E-state index in [1.807, 2.05) is 0 Å². The van der Waals surface area contributed by atoms with Crippen molar-refractivity contribution in [1.82, 2.24) is 4.98 Å². The smallest absolute Gasteiger partial charge is 0.238 e. The van der Waals surface area contributed by atoms with Crippen LogP contribution in [0.2, 0.25) is 0 Å². The van der Waals surface area contributed by atoms with Crippen molar-refractivity contribution in [3.8, 4) is 5.88 Å². The maximum Gasteiger partial charge on any atom is 0.238 e. The van der Waals surface area contributed by atoms with Gasteiger partial charge < -0.3 is 10.1 Å². The Labute approximate surface area is 97.2 Å². The van der Waals surface area contributed by atoms with Crippen molar-refractivity contribution in [3.05, 3.63) is 12.1 Å². The summed E-state index contributed by atoms with van der Waals surface area (Å²) >= 11 is 0. The Morgan fingerprint density at radius 2 is 2.25 bits per heavy atom. The minimum Gasteiger partial charge on any atom is -0.479 e. The van der Waals surface area contributed by atoms with Crippen LogP contribution in [0.1, 0.15) is 13.8 Å². The lowest BCUT2D eigenvalue weighted by atomic mass is 10.2. The van der Waals surface area contributed by atoms with Crippen LogP contribution in [-0.4, -0.2) is 22.8 Å². The van der Waals surface area contributed by atoms with E-state index in [1.165, 1.54) is 7.11 Å². The van der Waals surface area contributed by atoms with E-state index in [9.17, 15) is 4.21 Å². The molecule has 2 N–H and O–H groups in total. The number of methoxy groups -OCH3 is 1. The second kappa shape index (κ2) is 5.69. The summed E-state index contributed by atoms with van der Waals surface area (Å²) in [7, 11) is -0.667. The molecule has 0 saturated carbocycles. The highest BCUT2D eigenvalue weighted by Crippen LogP contribution is 2.22. The zero-order chi connectivity index (χ0) is 12.1. The largest absolute Gasteiger partial charge is 0.479 e. The van der Waals surface area contributed by atoms with Gasteiger partial charge in [0.05, 0.1) is 23.4 Å². The molecule has 0 aliphatic heterocycles. The maximum absolute atomic E-state index is 11.0. The number of thiol groups is 1. The van der Waals surface area contributed by atoms with E-state index in [-0.39, 0.29) is 5.03 Å². The number of anilines is 1. The fourth-order valence-corrected chi connectivity index (χ4v) is 1.54. The van der Waals surface area contributed by atoms with Gasteiger partial charge >= 0.3 is 0 Å². The highest BCUT2D eigenvalue weighted by atomic mass is 32.2. The zero-order valence-electron chi connectivity index (χ0n) is 9.65. The SMILES string of the molecule is COc1nc([SH](=N)=O)ccc1NCC(C)C. The molecule has 0 aromatic carbocycles. The number of rotatable bonds is 5. The third-order valence-corrected chi connectivity index (χ3v) is 2.61. The molecule has 90 valence electrons.